The fraction of sp³-hybridized carbons (Fsp3) is 0.529. The number of nitrogens with zero attached hydrogens (tertiary/aromatic N) is 3. The van der Waals surface area contributed by atoms with Gasteiger partial charge in [-0.1, -0.05) is 0 Å². The number of aliphatic hydroxyl groups is 1. The first-order chi connectivity index (χ1) is 11.5. The van der Waals surface area contributed by atoms with Gasteiger partial charge in [-0.2, -0.15) is 5.10 Å². The molecular formula is C17H27N5O2. The third-order valence-electron chi connectivity index (χ3n) is 3.58. The van der Waals surface area contributed by atoms with Crippen molar-refractivity contribution in [3.63, 3.8) is 0 Å². The van der Waals surface area contributed by atoms with Gasteiger partial charge in [-0.25, -0.2) is 4.99 Å². The lowest BCUT2D eigenvalue weighted by Crippen LogP contribution is -2.39. The highest BCUT2D eigenvalue weighted by Gasteiger charge is 2.26. The third kappa shape index (κ3) is 5.42. The first kappa shape index (κ1) is 18.1. The van der Waals surface area contributed by atoms with E-state index in [4.69, 9.17) is 4.42 Å². The van der Waals surface area contributed by atoms with Crippen LogP contribution < -0.4 is 10.6 Å². The minimum Gasteiger partial charge on any atom is -0.463 e. The Bertz CT molecular complexity index is 631. The van der Waals surface area contributed by atoms with Crippen LogP contribution in [0.3, 0.4) is 0 Å². The maximum absolute atomic E-state index is 10.5. The Kier molecular flexibility index (Phi) is 6.43. The van der Waals surface area contributed by atoms with Gasteiger partial charge in [-0.05, 0) is 45.4 Å². The highest BCUT2D eigenvalue weighted by molar-refractivity contribution is 5.79. The zero-order chi connectivity index (χ0) is 17.4. The summed E-state index contributed by atoms with van der Waals surface area (Å²) in [4.78, 5) is 4.47. The van der Waals surface area contributed by atoms with Gasteiger partial charge in [0.25, 0.3) is 0 Å². The second-order valence-electron chi connectivity index (χ2n) is 5.93. The minimum atomic E-state index is -1.13. The van der Waals surface area contributed by atoms with E-state index in [0.717, 1.165) is 31.8 Å². The quantitative estimate of drug-likeness (QED) is 0.388. The predicted molar refractivity (Wildman–Crippen MR) is 93.8 cm³/mol. The molecule has 0 saturated carbocycles. The average molecular weight is 333 g/mol. The largest absolute Gasteiger partial charge is 0.463 e. The Labute approximate surface area is 142 Å². The summed E-state index contributed by atoms with van der Waals surface area (Å²) < 4.78 is 7.41. The molecule has 2 rings (SSSR count). The summed E-state index contributed by atoms with van der Waals surface area (Å²) in [5.74, 6) is 1.98. The van der Waals surface area contributed by atoms with Crippen LogP contribution in [-0.4, -0.2) is 40.5 Å². The molecule has 0 saturated heterocycles. The van der Waals surface area contributed by atoms with Gasteiger partial charge in [0, 0.05) is 32.0 Å². The van der Waals surface area contributed by atoms with Crippen molar-refractivity contribution in [1.29, 1.82) is 0 Å². The molecule has 2 heterocycles. The van der Waals surface area contributed by atoms with E-state index in [2.05, 4.69) is 20.7 Å². The van der Waals surface area contributed by atoms with E-state index in [9.17, 15) is 5.11 Å². The predicted octanol–water partition coefficient (Wildman–Crippen LogP) is 1.64. The topological polar surface area (TPSA) is 87.6 Å². The zero-order valence-electron chi connectivity index (χ0n) is 14.6. The number of hydrogen-bond donors (Lipinski definition) is 3. The van der Waals surface area contributed by atoms with E-state index in [-0.39, 0.29) is 6.54 Å². The fourth-order valence-corrected chi connectivity index (χ4v) is 2.26. The molecule has 7 heteroatoms. The molecule has 7 nitrogen and oxygen atoms in total. The smallest absolute Gasteiger partial charge is 0.191 e. The molecule has 24 heavy (non-hydrogen) atoms. The first-order valence-electron chi connectivity index (χ1n) is 8.30. The van der Waals surface area contributed by atoms with Crippen LogP contribution in [-0.2, 0) is 12.1 Å². The minimum absolute atomic E-state index is 0.217. The van der Waals surface area contributed by atoms with Crippen molar-refractivity contribution in [2.75, 3.05) is 19.6 Å². The highest BCUT2D eigenvalue weighted by Crippen LogP contribution is 2.22. The van der Waals surface area contributed by atoms with Gasteiger partial charge in [0.15, 0.2) is 5.96 Å². The zero-order valence-corrected chi connectivity index (χ0v) is 14.6. The number of nitrogens with one attached hydrogen (secondary N) is 2. The van der Waals surface area contributed by atoms with Crippen LogP contribution in [0, 0.1) is 6.92 Å². The molecule has 2 aromatic rings. The van der Waals surface area contributed by atoms with E-state index >= 15 is 0 Å². The van der Waals surface area contributed by atoms with Gasteiger partial charge < -0.3 is 20.2 Å². The number of hydrogen-bond acceptors (Lipinski definition) is 4. The second kappa shape index (κ2) is 8.54. The number of furan rings is 1. The number of guanidine groups is 1. The van der Waals surface area contributed by atoms with Gasteiger partial charge in [0.1, 0.15) is 17.1 Å². The van der Waals surface area contributed by atoms with E-state index in [1.54, 1.807) is 19.2 Å². The van der Waals surface area contributed by atoms with Crippen LogP contribution in [0.4, 0.5) is 0 Å². The van der Waals surface area contributed by atoms with Crippen LogP contribution in [0.15, 0.2) is 40.0 Å². The second-order valence-corrected chi connectivity index (χ2v) is 5.93. The molecule has 0 radical (unpaired) electrons. The SMILES string of the molecule is CCNC(=NCC(C)(O)c1ccc(C)o1)NCCCn1cccn1. The lowest BCUT2D eigenvalue weighted by atomic mass is 10.0. The standard InChI is InChI=1S/C17H27N5O2/c1-4-18-16(19-9-5-11-22-12-6-10-21-22)20-13-17(3,23)15-8-7-14(2)24-15/h6-8,10,12,23H,4-5,9,11,13H2,1-3H3,(H2,18,19,20). The maximum Gasteiger partial charge on any atom is 0.191 e. The third-order valence-corrected chi connectivity index (χ3v) is 3.58. The van der Waals surface area contributed by atoms with Crippen LogP contribution in [0.5, 0.6) is 0 Å². The Hall–Kier alpha value is -2.28. The number of aryl methyl sites for hydroxylation is 2. The molecule has 0 spiro atoms. The van der Waals surface area contributed by atoms with Crippen molar-refractivity contribution in [3.8, 4) is 0 Å². The summed E-state index contributed by atoms with van der Waals surface area (Å²) in [5.41, 5.74) is -1.13. The fourth-order valence-electron chi connectivity index (χ4n) is 2.26. The summed E-state index contributed by atoms with van der Waals surface area (Å²) >= 11 is 0. The average Bonchev–Trinajstić information content (AvgIpc) is 3.20. The summed E-state index contributed by atoms with van der Waals surface area (Å²) in [5, 5.41) is 21.2. The Morgan fingerprint density at radius 2 is 2.25 bits per heavy atom. The van der Waals surface area contributed by atoms with Crippen molar-refractivity contribution >= 4 is 5.96 Å². The number of aromatic nitrogens is 2. The monoisotopic (exact) mass is 333 g/mol. The van der Waals surface area contributed by atoms with Crippen LogP contribution in [0.25, 0.3) is 0 Å². The van der Waals surface area contributed by atoms with Gasteiger partial charge in [0.05, 0.1) is 6.54 Å². The van der Waals surface area contributed by atoms with E-state index in [1.807, 2.05) is 36.9 Å². The van der Waals surface area contributed by atoms with Crippen LogP contribution in [0.2, 0.25) is 0 Å². The van der Waals surface area contributed by atoms with Crippen molar-refractivity contribution in [1.82, 2.24) is 20.4 Å². The molecule has 0 aliphatic heterocycles. The lowest BCUT2D eigenvalue weighted by molar-refractivity contribution is 0.0428. The Morgan fingerprint density at radius 3 is 2.88 bits per heavy atom. The van der Waals surface area contributed by atoms with E-state index in [0.29, 0.717) is 11.7 Å². The van der Waals surface area contributed by atoms with Crippen LogP contribution in [0.1, 0.15) is 31.8 Å². The summed E-state index contributed by atoms with van der Waals surface area (Å²) in [6, 6.07) is 5.54. The van der Waals surface area contributed by atoms with Crippen molar-refractivity contribution in [3.05, 3.63) is 42.1 Å². The van der Waals surface area contributed by atoms with Crippen molar-refractivity contribution in [2.45, 2.75) is 39.3 Å². The molecule has 0 bridgehead atoms. The molecule has 0 amide bonds. The molecule has 132 valence electrons. The molecule has 0 aromatic carbocycles. The Balaban J connectivity index is 1.85. The molecule has 0 aliphatic rings. The Morgan fingerprint density at radius 1 is 1.42 bits per heavy atom. The normalized spacial score (nSPS) is 14.4. The molecule has 1 unspecified atom stereocenters. The molecular weight excluding hydrogens is 306 g/mol. The first-order valence-corrected chi connectivity index (χ1v) is 8.30. The summed E-state index contributed by atoms with van der Waals surface area (Å²) in [6.45, 7) is 8.16. The van der Waals surface area contributed by atoms with Gasteiger partial charge >= 0.3 is 0 Å². The molecule has 2 aromatic heterocycles. The highest BCUT2D eigenvalue weighted by atomic mass is 16.4. The van der Waals surface area contributed by atoms with Gasteiger partial charge in [-0.15, -0.1) is 0 Å². The summed E-state index contributed by atoms with van der Waals surface area (Å²) in [7, 11) is 0. The number of aliphatic imine (C=N–C) groups is 1. The lowest BCUT2D eigenvalue weighted by Gasteiger charge is -2.19. The molecule has 0 aliphatic carbocycles. The van der Waals surface area contributed by atoms with E-state index < -0.39 is 5.60 Å². The summed E-state index contributed by atoms with van der Waals surface area (Å²) in [6.07, 6.45) is 4.65. The number of rotatable bonds is 8. The van der Waals surface area contributed by atoms with Gasteiger partial charge in [-0.3, -0.25) is 4.68 Å². The maximum atomic E-state index is 10.5. The van der Waals surface area contributed by atoms with Crippen LogP contribution >= 0.6 is 0 Å². The van der Waals surface area contributed by atoms with E-state index in [1.165, 1.54) is 0 Å². The van der Waals surface area contributed by atoms with Crippen molar-refractivity contribution < 1.29 is 9.52 Å². The molecule has 3 N–H and O–H groups in total. The van der Waals surface area contributed by atoms with Gasteiger partial charge in [0.2, 0.25) is 0 Å². The van der Waals surface area contributed by atoms with Crippen molar-refractivity contribution in [2.24, 2.45) is 4.99 Å². The molecule has 0 fully saturated rings. The molecule has 1 atom stereocenters.